The number of urea groups is 1. The van der Waals surface area contributed by atoms with Gasteiger partial charge in [-0.3, -0.25) is 0 Å². The Morgan fingerprint density at radius 2 is 1.76 bits per heavy atom. The number of alkyl halides is 3. The van der Waals surface area contributed by atoms with Crippen LogP contribution in [0.4, 0.5) is 23.7 Å². The summed E-state index contributed by atoms with van der Waals surface area (Å²) in [4.78, 5) is 14.7. The molecule has 0 saturated carbocycles. The van der Waals surface area contributed by atoms with Gasteiger partial charge in [-0.05, 0) is 41.3 Å². The molecule has 0 radical (unpaired) electrons. The zero-order valence-corrected chi connectivity index (χ0v) is 18.4. The van der Waals surface area contributed by atoms with Gasteiger partial charge in [0.05, 0.1) is 17.8 Å². The highest BCUT2D eigenvalue weighted by Gasteiger charge is 2.30. The van der Waals surface area contributed by atoms with Crippen molar-refractivity contribution in [2.24, 2.45) is 0 Å². The first-order valence-electron chi connectivity index (χ1n) is 10.8. The summed E-state index contributed by atoms with van der Waals surface area (Å²) in [7, 11) is 0. The topological polar surface area (TPSA) is 37.3 Å². The molecule has 3 aromatic carbocycles. The van der Waals surface area contributed by atoms with Crippen molar-refractivity contribution < 1.29 is 18.0 Å². The van der Waals surface area contributed by atoms with Gasteiger partial charge in [-0.2, -0.15) is 13.2 Å². The molecule has 1 heterocycles. The molecule has 34 heavy (non-hydrogen) atoms. The minimum absolute atomic E-state index is 0.263. The van der Waals surface area contributed by atoms with Gasteiger partial charge in [0.15, 0.2) is 0 Å². The van der Waals surface area contributed by atoms with Gasteiger partial charge < -0.3 is 14.8 Å². The van der Waals surface area contributed by atoms with Gasteiger partial charge in [0, 0.05) is 30.4 Å². The van der Waals surface area contributed by atoms with E-state index in [-0.39, 0.29) is 19.1 Å². The van der Waals surface area contributed by atoms with Crippen LogP contribution in [0.2, 0.25) is 0 Å². The molecular formula is C27H24F3N3O. The van der Waals surface area contributed by atoms with E-state index in [1.165, 1.54) is 6.07 Å². The highest BCUT2D eigenvalue weighted by molar-refractivity contribution is 6.01. The summed E-state index contributed by atoms with van der Waals surface area (Å²) in [6, 6.07) is 22.2. The van der Waals surface area contributed by atoms with Gasteiger partial charge in [-0.1, -0.05) is 54.6 Å². The van der Waals surface area contributed by atoms with Crippen molar-refractivity contribution in [2.45, 2.75) is 19.3 Å². The number of rotatable bonds is 7. The second-order valence-electron chi connectivity index (χ2n) is 7.95. The second kappa shape index (κ2) is 9.87. The molecule has 0 fully saturated rings. The van der Waals surface area contributed by atoms with Crippen molar-refractivity contribution in [3.05, 3.63) is 115 Å². The number of nitrogens with one attached hydrogen (secondary N) is 1. The largest absolute Gasteiger partial charge is 0.416 e. The molecule has 0 spiro atoms. The second-order valence-corrected chi connectivity index (χ2v) is 7.95. The van der Waals surface area contributed by atoms with E-state index in [4.69, 9.17) is 0 Å². The zero-order valence-electron chi connectivity index (χ0n) is 18.4. The van der Waals surface area contributed by atoms with Gasteiger partial charge in [0.1, 0.15) is 0 Å². The molecule has 4 rings (SSSR count). The smallest absolute Gasteiger partial charge is 0.345 e. The van der Waals surface area contributed by atoms with E-state index in [0.717, 1.165) is 28.6 Å². The molecule has 174 valence electrons. The average Bonchev–Trinajstić information content (AvgIpc) is 3.25. The van der Waals surface area contributed by atoms with Crippen molar-refractivity contribution in [2.75, 3.05) is 11.9 Å². The number of nitrogens with zero attached hydrogens (tertiary/aromatic N) is 2. The van der Waals surface area contributed by atoms with Crippen LogP contribution in [0.1, 0.15) is 16.8 Å². The minimum Gasteiger partial charge on any atom is -0.345 e. The lowest BCUT2D eigenvalue weighted by Crippen LogP contribution is -2.35. The normalized spacial score (nSPS) is 11.4. The highest BCUT2D eigenvalue weighted by atomic mass is 19.4. The molecule has 4 nitrogen and oxygen atoms in total. The molecule has 0 aliphatic rings. The number of fused-ring (bicyclic) bond motifs is 1. The van der Waals surface area contributed by atoms with Crippen molar-refractivity contribution in [3.8, 4) is 0 Å². The summed E-state index contributed by atoms with van der Waals surface area (Å²) in [6.07, 6.45) is -0.955. The molecule has 7 heteroatoms. The van der Waals surface area contributed by atoms with Crippen molar-refractivity contribution in [1.29, 1.82) is 0 Å². The molecule has 1 N–H and O–H groups in total. The van der Waals surface area contributed by atoms with Crippen LogP contribution in [0.5, 0.6) is 0 Å². The summed E-state index contributed by atoms with van der Waals surface area (Å²) >= 11 is 0. The molecule has 0 aliphatic carbocycles. The van der Waals surface area contributed by atoms with Crippen LogP contribution in [-0.4, -0.2) is 22.0 Å². The first-order chi connectivity index (χ1) is 16.3. The first kappa shape index (κ1) is 23.2. The summed E-state index contributed by atoms with van der Waals surface area (Å²) in [5.41, 5.74) is 1.35. The van der Waals surface area contributed by atoms with Crippen LogP contribution in [-0.2, 0) is 19.3 Å². The lowest BCUT2D eigenvalue weighted by atomic mass is 10.1. The number of carbonyl (C=O) groups is 1. The Kier molecular flexibility index (Phi) is 6.72. The van der Waals surface area contributed by atoms with Crippen LogP contribution in [0, 0.1) is 0 Å². The average molecular weight is 464 g/mol. The Balaban J connectivity index is 1.52. The van der Waals surface area contributed by atoms with E-state index in [9.17, 15) is 18.0 Å². The van der Waals surface area contributed by atoms with Crippen molar-refractivity contribution >= 4 is 22.5 Å². The third-order valence-corrected chi connectivity index (χ3v) is 5.55. The number of carbonyl (C=O) groups excluding carboxylic acids is 1. The maximum atomic E-state index is 13.1. The maximum absolute atomic E-state index is 13.1. The Bertz CT molecular complexity index is 1300. The fourth-order valence-electron chi connectivity index (χ4n) is 3.89. The number of benzene rings is 3. The van der Waals surface area contributed by atoms with Crippen LogP contribution >= 0.6 is 0 Å². The van der Waals surface area contributed by atoms with Gasteiger partial charge in [0.2, 0.25) is 0 Å². The van der Waals surface area contributed by atoms with Crippen molar-refractivity contribution in [3.63, 3.8) is 0 Å². The van der Waals surface area contributed by atoms with Crippen molar-refractivity contribution in [1.82, 2.24) is 9.47 Å². The summed E-state index contributed by atoms with van der Waals surface area (Å²) in [5.74, 6) is 0. The zero-order chi connectivity index (χ0) is 24.1. The van der Waals surface area contributed by atoms with Crippen LogP contribution in [0.15, 0.2) is 97.7 Å². The first-order valence-corrected chi connectivity index (χ1v) is 10.8. The lowest BCUT2D eigenvalue weighted by molar-refractivity contribution is -0.137. The number of hydrogen-bond donors (Lipinski definition) is 1. The quantitative estimate of drug-likeness (QED) is 0.297. The molecule has 0 aliphatic heterocycles. The molecule has 2 amide bonds. The Labute approximate surface area is 195 Å². The molecule has 1 aromatic heterocycles. The SMILES string of the molecule is C=CCN(Cc1cccn1Cc1cccc(C(F)(F)F)c1)C(=O)Nc1cccc2ccccc12. The number of halogens is 3. The molecule has 0 atom stereocenters. The molecule has 0 unspecified atom stereocenters. The summed E-state index contributed by atoms with van der Waals surface area (Å²) in [6.45, 7) is 4.60. The number of amides is 2. The van der Waals surface area contributed by atoms with Gasteiger partial charge in [-0.25, -0.2) is 4.79 Å². The molecule has 0 saturated heterocycles. The van der Waals surface area contributed by atoms with E-state index in [1.54, 1.807) is 23.2 Å². The molecule has 4 aromatic rings. The fourth-order valence-corrected chi connectivity index (χ4v) is 3.89. The number of anilines is 1. The fraction of sp³-hybridized carbons (Fsp3) is 0.148. The summed E-state index contributed by atoms with van der Waals surface area (Å²) in [5, 5.41) is 4.93. The van der Waals surface area contributed by atoms with E-state index < -0.39 is 11.7 Å². The highest BCUT2D eigenvalue weighted by Crippen LogP contribution is 2.30. The Morgan fingerprint density at radius 3 is 2.56 bits per heavy atom. The number of hydrogen-bond acceptors (Lipinski definition) is 1. The monoisotopic (exact) mass is 463 g/mol. The Hall–Kier alpha value is -4.00. The van der Waals surface area contributed by atoms with Crippen LogP contribution in [0.25, 0.3) is 10.8 Å². The standard InChI is InChI=1S/C27H24F3N3O/c1-2-15-33(26(34)31-25-14-6-10-21-9-3-4-13-24(21)25)19-23-12-7-16-32(23)18-20-8-5-11-22(17-20)27(28,29)30/h2-14,16-17H,1,15,18-19H2,(H,31,34). The minimum atomic E-state index is -4.39. The van der Waals surface area contributed by atoms with E-state index >= 15 is 0 Å². The van der Waals surface area contributed by atoms with E-state index in [0.29, 0.717) is 17.8 Å². The predicted octanol–water partition coefficient (Wildman–Crippen LogP) is 6.93. The predicted molar refractivity (Wildman–Crippen MR) is 129 cm³/mol. The third-order valence-electron chi connectivity index (χ3n) is 5.55. The maximum Gasteiger partial charge on any atom is 0.416 e. The number of aromatic nitrogens is 1. The van der Waals surface area contributed by atoms with Crippen LogP contribution in [0.3, 0.4) is 0 Å². The van der Waals surface area contributed by atoms with Gasteiger partial charge in [-0.15, -0.1) is 6.58 Å². The molecular weight excluding hydrogens is 439 g/mol. The van der Waals surface area contributed by atoms with E-state index in [1.807, 2.05) is 59.2 Å². The summed E-state index contributed by atoms with van der Waals surface area (Å²) < 4.78 is 41.1. The van der Waals surface area contributed by atoms with E-state index in [2.05, 4.69) is 11.9 Å². The van der Waals surface area contributed by atoms with Gasteiger partial charge >= 0.3 is 12.2 Å². The third kappa shape index (κ3) is 5.31. The lowest BCUT2D eigenvalue weighted by Gasteiger charge is -2.23. The van der Waals surface area contributed by atoms with Gasteiger partial charge in [0.25, 0.3) is 0 Å². The molecule has 0 bridgehead atoms. The van der Waals surface area contributed by atoms with Crippen LogP contribution < -0.4 is 5.32 Å². The Morgan fingerprint density at radius 1 is 1.00 bits per heavy atom.